The van der Waals surface area contributed by atoms with Gasteiger partial charge < -0.3 is 24.8 Å². The monoisotopic (exact) mass is 490 g/mol. The van der Waals surface area contributed by atoms with Gasteiger partial charge in [-0.05, 0) is 31.0 Å². The van der Waals surface area contributed by atoms with Crippen LogP contribution in [0.15, 0.2) is 41.5 Å². The molecule has 0 aliphatic heterocycles. The SMILES string of the molecule is COc1ccc(CCNC(=O)C/C(C)=N\NC(=O)C(=O)Nc2cc(OC)c(Cl)cc2OC)cc1. The molecule has 0 aliphatic rings. The predicted molar refractivity (Wildman–Crippen MR) is 129 cm³/mol. The molecule has 2 aromatic carbocycles. The van der Waals surface area contributed by atoms with Gasteiger partial charge in [-0.15, -0.1) is 0 Å². The van der Waals surface area contributed by atoms with Gasteiger partial charge in [0.25, 0.3) is 0 Å². The Morgan fingerprint density at radius 2 is 1.62 bits per heavy atom. The first-order valence-electron chi connectivity index (χ1n) is 10.2. The van der Waals surface area contributed by atoms with Gasteiger partial charge in [-0.3, -0.25) is 14.4 Å². The molecule has 3 N–H and O–H groups in total. The number of carbonyl (C=O) groups excluding carboxylic acids is 3. The Morgan fingerprint density at radius 1 is 0.941 bits per heavy atom. The van der Waals surface area contributed by atoms with E-state index in [2.05, 4.69) is 21.2 Å². The zero-order chi connectivity index (χ0) is 25.1. The summed E-state index contributed by atoms with van der Waals surface area (Å²) in [5.41, 5.74) is 3.70. The van der Waals surface area contributed by atoms with Gasteiger partial charge in [0.05, 0.1) is 38.5 Å². The molecule has 10 nitrogen and oxygen atoms in total. The first-order valence-corrected chi connectivity index (χ1v) is 10.6. The van der Waals surface area contributed by atoms with Gasteiger partial charge in [0.15, 0.2) is 0 Å². The number of nitrogens with zero attached hydrogens (tertiary/aromatic N) is 1. The van der Waals surface area contributed by atoms with E-state index >= 15 is 0 Å². The Balaban J connectivity index is 1.82. The number of hydrazone groups is 1. The highest BCUT2D eigenvalue weighted by Gasteiger charge is 2.18. The second-order valence-electron chi connectivity index (χ2n) is 7.05. The number of halogens is 1. The lowest BCUT2D eigenvalue weighted by atomic mass is 10.1. The highest BCUT2D eigenvalue weighted by molar-refractivity contribution is 6.40. The molecule has 0 heterocycles. The van der Waals surface area contributed by atoms with Crippen LogP contribution >= 0.6 is 11.6 Å². The predicted octanol–water partition coefficient (Wildman–Crippen LogP) is 2.55. The van der Waals surface area contributed by atoms with Crippen molar-refractivity contribution in [2.24, 2.45) is 5.10 Å². The van der Waals surface area contributed by atoms with Gasteiger partial charge in [0, 0.05) is 24.4 Å². The van der Waals surface area contributed by atoms with E-state index in [0.29, 0.717) is 24.4 Å². The average Bonchev–Trinajstić information content (AvgIpc) is 2.83. The van der Waals surface area contributed by atoms with Crippen LogP contribution in [0.5, 0.6) is 17.2 Å². The summed E-state index contributed by atoms with van der Waals surface area (Å²) in [6.45, 7) is 2.01. The summed E-state index contributed by atoms with van der Waals surface area (Å²) in [6, 6.07) is 10.4. The lowest BCUT2D eigenvalue weighted by Gasteiger charge is -2.12. The lowest BCUT2D eigenvalue weighted by molar-refractivity contribution is -0.136. The number of ether oxygens (including phenoxy) is 3. The number of carbonyl (C=O) groups is 3. The van der Waals surface area contributed by atoms with E-state index < -0.39 is 11.8 Å². The summed E-state index contributed by atoms with van der Waals surface area (Å²) in [5.74, 6) is -0.949. The van der Waals surface area contributed by atoms with Gasteiger partial charge in [-0.2, -0.15) is 5.10 Å². The normalized spacial score (nSPS) is 10.8. The van der Waals surface area contributed by atoms with Crippen molar-refractivity contribution in [3.63, 3.8) is 0 Å². The quantitative estimate of drug-likeness (QED) is 0.267. The van der Waals surface area contributed by atoms with Gasteiger partial charge >= 0.3 is 11.8 Å². The molecule has 34 heavy (non-hydrogen) atoms. The third kappa shape index (κ3) is 7.96. The Labute approximate surface area is 202 Å². The van der Waals surface area contributed by atoms with E-state index in [1.54, 1.807) is 14.0 Å². The molecule has 2 aromatic rings. The van der Waals surface area contributed by atoms with E-state index in [0.717, 1.165) is 11.3 Å². The second kappa shape index (κ2) is 13.0. The van der Waals surface area contributed by atoms with Crippen LogP contribution < -0.4 is 30.3 Å². The number of amides is 3. The fraction of sp³-hybridized carbons (Fsp3) is 0.304. The van der Waals surface area contributed by atoms with E-state index in [9.17, 15) is 14.4 Å². The third-order valence-electron chi connectivity index (χ3n) is 4.59. The van der Waals surface area contributed by atoms with E-state index in [4.69, 9.17) is 25.8 Å². The topological polar surface area (TPSA) is 127 Å². The number of anilines is 1. The molecule has 0 radical (unpaired) electrons. The first-order chi connectivity index (χ1) is 16.3. The number of benzene rings is 2. The van der Waals surface area contributed by atoms with Gasteiger partial charge in [-0.1, -0.05) is 23.7 Å². The third-order valence-corrected chi connectivity index (χ3v) is 4.88. The maximum Gasteiger partial charge on any atom is 0.329 e. The molecule has 3 amide bonds. The van der Waals surface area contributed by atoms with E-state index in [-0.39, 0.29) is 28.8 Å². The molecule has 11 heteroatoms. The first kappa shape index (κ1) is 26.5. The Hall–Kier alpha value is -3.79. The summed E-state index contributed by atoms with van der Waals surface area (Å²) in [7, 11) is 4.41. The van der Waals surface area contributed by atoms with Crippen molar-refractivity contribution >= 4 is 40.7 Å². The highest BCUT2D eigenvalue weighted by atomic mass is 35.5. The van der Waals surface area contributed by atoms with Crippen LogP contribution in [0.25, 0.3) is 0 Å². The zero-order valence-corrected chi connectivity index (χ0v) is 20.1. The zero-order valence-electron chi connectivity index (χ0n) is 19.4. The van der Waals surface area contributed by atoms with Crippen molar-refractivity contribution in [1.29, 1.82) is 0 Å². The molecule has 0 aliphatic carbocycles. The van der Waals surface area contributed by atoms with Gasteiger partial charge in [0.2, 0.25) is 5.91 Å². The molecule has 0 fully saturated rings. The van der Waals surface area contributed by atoms with Crippen molar-refractivity contribution in [3.8, 4) is 17.2 Å². The standard InChI is InChI=1S/C23H27ClN4O6/c1-14(11-21(29)25-10-9-15-5-7-16(32-2)8-6-15)27-28-23(31)22(30)26-18-13-19(33-3)17(24)12-20(18)34-4/h5-8,12-13H,9-11H2,1-4H3,(H,25,29)(H,26,30)(H,28,31)/b27-14-. The fourth-order valence-corrected chi connectivity index (χ4v) is 3.04. The molecule has 0 saturated heterocycles. The van der Waals surface area contributed by atoms with Crippen LogP contribution in [0, 0.1) is 0 Å². The Morgan fingerprint density at radius 3 is 2.24 bits per heavy atom. The molecule has 0 aromatic heterocycles. The van der Waals surface area contributed by atoms with Crippen molar-refractivity contribution in [2.75, 3.05) is 33.2 Å². The van der Waals surface area contributed by atoms with Crippen molar-refractivity contribution in [3.05, 3.63) is 47.0 Å². The molecule has 0 saturated carbocycles. The van der Waals surface area contributed by atoms with Crippen LogP contribution in [0.4, 0.5) is 5.69 Å². The van der Waals surface area contributed by atoms with Gasteiger partial charge in [0.1, 0.15) is 17.2 Å². The summed E-state index contributed by atoms with van der Waals surface area (Å²) >= 11 is 6.03. The molecule has 2 rings (SSSR count). The van der Waals surface area contributed by atoms with Crippen LogP contribution in [-0.4, -0.2) is 51.3 Å². The van der Waals surface area contributed by atoms with E-state index in [1.807, 2.05) is 24.3 Å². The van der Waals surface area contributed by atoms with Crippen LogP contribution in [0.3, 0.4) is 0 Å². The summed E-state index contributed by atoms with van der Waals surface area (Å²) in [5, 5.41) is 9.28. The molecular formula is C23H27ClN4O6. The molecule has 0 spiro atoms. The van der Waals surface area contributed by atoms with Gasteiger partial charge in [-0.25, -0.2) is 5.43 Å². The van der Waals surface area contributed by atoms with Crippen LogP contribution in [0.1, 0.15) is 18.9 Å². The minimum absolute atomic E-state index is 0.0350. The lowest BCUT2D eigenvalue weighted by Crippen LogP contribution is -2.33. The minimum atomic E-state index is -1.02. The summed E-state index contributed by atoms with van der Waals surface area (Å²) in [6.07, 6.45) is 0.620. The maximum absolute atomic E-state index is 12.2. The molecule has 0 bridgehead atoms. The summed E-state index contributed by atoms with van der Waals surface area (Å²) < 4.78 is 15.4. The number of hydrogen-bond donors (Lipinski definition) is 3. The highest BCUT2D eigenvalue weighted by Crippen LogP contribution is 2.35. The molecular weight excluding hydrogens is 464 g/mol. The molecule has 0 unspecified atom stereocenters. The largest absolute Gasteiger partial charge is 0.497 e. The molecule has 182 valence electrons. The minimum Gasteiger partial charge on any atom is -0.497 e. The van der Waals surface area contributed by atoms with Crippen molar-refractivity contribution < 1.29 is 28.6 Å². The maximum atomic E-state index is 12.2. The average molecular weight is 491 g/mol. The number of methoxy groups -OCH3 is 3. The van der Waals surface area contributed by atoms with Crippen LogP contribution in [-0.2, 0) is 20.8 Å². The number of hydrogen-bond acceptors (Lipinski definition) is 7. The fourth-order valence-electron chi connectivity index (χ4n) is 2.81. The Bertz CT molecular complexity index is 1060. The molecule has 0 atom stereocenters. The Kier molecular flexibility index (Phi) is 10.2. The smallest absolute Gasteiger partial charge is 0.329 e. The second-order valence-corrected chi connectivity index (χ2v) is 7.46. The van der Waals surface area contributed by atoms with Crippen molar-refractivity contribution in [1.82, 2.24) is 10.7 Å². The number of nitrogens with one attached hydrogen (secondary N) is 3. The number of rotatable bonds is 10. The van der Waals surface area contributed by atoms with E-state index in [1.165, 1.54) is 26.4 Å². The summed E-state index contributed by atoms with van der Waals surface area (Å²) in [4.78, 5) is 36.4. The van der Waals surface area contributed by atoms with Crippen LogP contribution in [0.2, 0.25) is 5.02 Å². The van der Waals surface area contributed by atoms with Crippen molar-refractivity contribution in [2.45, 2.75) is 19.8 Å².